The first kappa shape index (κ1) is 21.0. The van der Waals surface area contributed by atoms with E-state index in [1.54, 1.807) is 23.7 Å². The molecule has 0 unspecified atom stereocenters. The van der Waals surface area contributed by atoms with Crippen LogP contribution in [0.5, 0.6) is 0 Å². The van der Waals surface area contributed by atoms with Gasteiger partial charge in [-0.05, 0) is 24.0 Å². The van der Waals surface area contributed by atoms with Crippen LogP contribution in [0.15, 0.2) is 34.7 Å². The first-order valence-electron chi connectivity index (χ1n) is 10.2. The van der Waals surface area contributed by atoms with Crippen molar-refractivity contribution in [1.29, 1.82) is 0 Å². The number of nitrogens with one attached hydrogen (secondary N) is 1. The Morgan fingerprint density at radius 1 is 1.30 bits per heavy atom. The van der Waals surface area contributed by atoms with E-state index in [4.69, 9.17) is 0 Å². The molecule has 2 aliphatic rings. The number of anilines is 1. The number of fused-ring (bicyclic) bond motifs is 1. The van der Waals surface area contributed by atoms with Gasteiger partial charge < -0.3 is 10.2 Å². The van der Waals surface area contributed by atoms with Crippen LogP contribution in [0.2, 0.25) is 0 Å². The molecule has 1 aromatic heterocycles. The number of thiazole rings is 1. The van der Waals surface area contributed by atoms with Gasteiger partial charge in [-0.2, -0.15) is 0 Å². The monoisotopic (exact) mass is 447 g/mol. The molecule has 1 N–H and O–H groups in total. The zero-order valence-electron chi connectivity index (χ0n) is 16.8. The van der Waals surface area contributed by atoms with E-state index in [1.165, 1.54) is 28.7 Å². The SMILES string of the molecule is CS(=O)(=O)c1cccc2c1C(=O)N([C@H](CC1CCCCC1)C(=O)Nc1nccs1)C2. The Hall–Kier alpha value is -2.26. The minimum Gasteiger partial charge on any atom is -0.322 e. The highest BCUT2D eigenvalue weighted by molar-refractivity contribution is 7.90. The molecule has 0 spiro atoms. The van der Waals surface area contributed by atoms with Crippen LogP contribution in [0.1, 0.15) is 54.4 Å². The van der Waals surface area contributed by atoms with Gasteiger partial charge in [0.05, 0.1) is 10.5 Å². The summed E-state index contributed by atoms with van der Waals surface area (Å²) in [6.45, 7) is 0.236. The van der Waals surface area contributed by atoms with Crippen molar-refractivity contribution in [2.24, 2.45) is 5.92 Å². The van der Waals surface area contributed by atoms with Crippen LogP contribution in [0, 0.1) is 5.92 Å². The minimum atomic E-state index is -3.55. The van der Waals surface area contributed by atoms with E-state index in [1.807, 2.05) is 0 Å². The number of carbonyl (C=O) groups is 2. The van der Waals surface area contributed by atoms with Gasteiger partial charge in [0, 0.05) is 24.4 Å². The lowest BCUT2D eigenvalue weighted by Crippen LogP contribution is -2.45. The Morgan fingerprint density at radius 3 is 2.73 bits per heavy atom. The molecule has 160 valence electrons. The van der Waals surface area contributed by atoms with Gasteiger partial charge >= 0.3 is 0 Å². The lowest BCUT2D eigenvalue weighted by Gasteiger charge is -2.31. The van der Waals surface area contributed by atoms with Crippen molar-refractivity contribution in [3.05, 3.63) is 40.9 Å². The Labute approximate surface area is 180 Å². The van der Waals surface area contributed by atoms with Gasteiger partial charge in [-0.3, -0.25) is 9.59 Å². The standard InChI is InChI=1S/C21H25N3O4S2/c1-30(27,28)17-9-5-8-15-13-24(20(26)18(15)17)16(12-14-6-3-2-4-7-14)19(25)23-21-22-10-11-29-21/h5,8-11,14,16H,2-4,6-7,12-13H2,1H3,(H,22,23,25)/t16-/m1/s1. The maximum absolute atomic E-state index is 13.3. The molecular weight excluding hydrogens is 422 g/mol. The molecule has 1 saturated carbocycles. The molecule has 4 rings (SSSR count). The highest BCUT2D eigenvalue weighted by Crippen LogP contribution is 2.34. The number of hydrogen-bond acceptors (Lipinski definition) is 6. The number of carbonyl (C=O) groups excluding carboxylic acids is 2. The largest absolute Gasteiger partial charge is 0.322 e. The third-order valence-electron chi connectivity index (χ3n) is 5.95. The Kier molecular flexibility index (Phi) is 5.92. The molecule has 2 heterocycles. The molecule has 0 radical (unpaired) electrons. The van der Waals surface area contributed by atoms with E-state index >= 15 is 0 Å². The molecule has 30 heavy (non-hydrogen) atoms. The van der Waals surface area contributed by atoms with Gasteiger partial charge in [0.1, 0.15) is 6.04 Å². The maximum atomic E-state index is 13.3. The summed E-state index contributed by atoms with van der Waals surface area (Å²) >= 11 is 1.33. The van der Waals surface area contributed by atoms with Crippen molar-refractivity contribution in [2.45, 2.75) is 56.0 Å². The molecular formula is C21H25N3O4S2. The third kappa shape index (κ3) is 4.27. The van der Waals surface area contributed by atoms with Crippen molar-refractivity contribution in [2.75, 3.05) is 11.6 Å². The van der Waals surface area contributed by atoms with Crippen LogP contribution < -0.4 is 5.32 Å². The molecule has 1 atom stereocenters. The second kappa shape index (κ2) is 8.47. The van der Waals surface area contributed by atoms with E-state index in [0.717, 1.165) is 31.9 Å². The number of hydrogen-bond donors (Lipinski definition) is 1. The predicted molar refractivity (Wildman–Crippen MR) is 115 cm³/mol. The van der Waals surface area contributed by atoms with Gasteiger partial charge in [-0.1, -0.05) is 44.2 Å². The van der Waals surface area contributed by atoms with Crippen LogP contribution in [-0.4, -0.2) is 42.4 Å². The number of rotatable bonds is 6. The second-order valence-corrected chi connectivity index (χ2v) is 11.0. The molecule has 2 amide bonds. The van der Waals surface area contributed by atoms with Crippen molar-refractivity contribution >= 4 is 38.1 Å². The van der Waals surface area contributed by atoms with Crippen molar-refractivity contribution in [3.8, 4) is 0 Å². The Morgan fingerprint density at radius 2 is 2.07 bits per heavy atom. The van der Waals surface area contributed by atoms with Gasteiger partial charge in [-0.25, -0.2) is 13.4 Å². The van der Waals surface area contributed by atoms with E-state index in [0.29, 0.717) is 23.0 Å². The van der Waals surface area contributed by atoms with Crippen molar-refractivity contribution < 1.29 is 18.0 Å². The average molecular weight is 448 g/mol. The number of sulfone groups is 1. The number of benzene rings is 1. The molecule has 1 fully saturated rings. The van der Waals surface area contributed by atoms with Crippen LogP contribution in [0.25, 0.3) is 0 Å². The van der Waals surface area contributed by atoms with E-state index in [2.05, 4.69) is 10.3 Å². The van der Waals surface area contributed by atoms with Crippen LogP contribution in [0.4, 0.5) is 5.13 Å². The zero-order chi connectivity index (χ0) is 21.3. The summed E-state index contributed by atoms with van der Waals surface area (Å²) in [5.74, 6) is -0.282. The zero-order valence-corrected chi connectivity index (χ0v) is 18.5. The maximum Gasteiger partial charge on any atom is 0.256 e. The summed E-state index contributed by atoms with van der Waals surface area (Å²) in [4.78, 5) is 32.2. The summed E-state index contributed by atoms with van der Waals surface area (Å²) in [7, 11) is -3.55. The normalized spacial score (nSPS) is 18.3. The van der Waals surface area contributed by atoms with Gasteiger partial charge in [0.25, 0.3) is 5.91 Å². The lowest BCUT2D eigenvalue weighted by atomic mass is 9.84. The van der Waals surface area contributed by atoms with Crippen LogP contribution in [0.3, 0.4) is 0 Å². The fourth-order valence-electron chi connectivity index (χ4n) is 4.50. The summed E-state index contributed by atoms with van der Waals surface area (Å²) in [5.41, 5.74) is 0.856. The van der Waals surface area contributed by atoms with Gasteiger partial charge in [0.15, 0.2) is 15.0 Å². The molecule has 0 bridgehead atoms. The molecule has 0 saturated heterocycles. The average Bonchev–Trinajstić information content (AvgIpc) is 3.34. The van der Waals surface area contributed by atoms with E-state index < -0.39 is 15.9 Å². The second-order valence-electron chi connectivity index (χ2n) is 8.08. The van der Waals surface area contributed by atoms with E-state index in [-0.39, 0.29) is 28.8 Å². The third-order valence-corrected chi connectivity index (χ3v) is 7.78. The highest BCUT2D eigenvalue weighted by Gasteiger charge is 2.40. The molecule has 1 aliphatic carbocycles. The first-order valence-corrected chi connectivity index (χ1v) is 12.9. The molecule has 9 heteroatoms. The topological polar surface area (TPSA) is 96.4 Å². The summed E-state index contributed by atoms with van der Waals surface area (Å²) in [5, 5.41) is 5.11. The summed E-state index contributed by atoms with van der Waals surface area (Å²) in [6.07, 6.45) is 8.87. The first-order chi connectivity index (χ1) is 14.3. The van der Waals surface area contributed by atoms with Crippen LogP contribution in [-0.2, 0) is 21.2 Å². The summed E-state index contributed by atoms with van der Waals surface area (Å²) < 4.78 is 24.4. The minimum absolute atomic E-state index is 0.0317. The molecule has 2 aromatic rings. The van der Waals surface area contributed by atoms with E-state index in [9.17, 15) is 18.0 Å². The number of amides is 2. The Balaban J connectivity index is 1.64. The summed E-state index contributed by atoms with van der Waals surface area (Å²) in [6, 6.07) is 4.21. The smallest absolute Gasteiger partial charge is 0.256 e. The fourth-order valence-corrected chi connectivity index (χ4v) is 5.95. The predicted octanol–water partition coefficient (Wildman–Crippen LogP) is 3.48. The van der Waals surface area contributed by atoms with Crippen molar-refractivity contribution in [1.82, 2.24) is 9.88 Å². The van der Waals surface area contributed by atoms with Gasteiger partial charge in [0.2, 0.25) is 5.91 Å². The highest BCUT2D eigenvalue weighted by atomic mass is 32.2. The molecule has 7 nitrogen and oxygen atoms in total. The molecule has 1 aliphatic heterocycles. The lowest BCUT2D eigenvalue weighted by molar-refractivity contribution is -0.121. The van der Waals surface area contributed by atoms with Crippen LogP contribution >= 0.6 is 11.3 Å². The quantitative estimate of drug-likeness (QED) is 0.731. The fraction of sp³-hybridized carbons (Fsp3) is 0.476. The van der Waals surface area contributed by atoms with Gasteiger partial charge in [-0.15, -0.1) is 11.3 Å². The molecule has 1 aromatic carbocycles. The Bertz CT molecular complexity index is 1040. The number of aromatic nitrogens is 1. The number of nitrogens with zero attached hydrogens (tertiary/aromatic N) is 2. The van der Waals surface area contributed by atoms with Crippen molar-refractivity contribution in [3.63, 3.8) is 0 Å².